The lowest BCUT2D eigenvalue weighted by Crippen LogP contribution is -2.46. The fourth-order valence-corrected chi connectivity index (χ4v) is 2.96. The maximum atomic E-state index is 11.2. The molecule has 0 unspecified atom stereocenters. The Morgan fingerprint density at radius 1 is 1.17 bits per heavy atom. The lowest BCUT2D eigenvalue weighted by molar-refractivity contribution is 0.0382. The van der Waals surface area contributed by atoms with Gasteiger partial charge in [-0.3, -0.25) is 0 Å². The summed E-state index contributed by atoms with van der Waals surface area (Å²) in [5, 5.41) is 11.2. The number of rotatable bonds is 4. The Kier molecular flexibility index (Phi) is 1.00. The molecule has 0 bridgehead atoms. The van der Waals surface area contributed by atoms with Crippen molar-refractivity contribution >= 4 is 0 Å². The van der Waals surface area contributed by atoms with E-state index in [9.17, 15) is 21.6 Å². The van der Waals surface area contributed by atoms with Gasteiger partial charge < -0.3 is 5.11 Å². The molecule has 1 N–H and O–H groups in total. The minimum Gasteiger partial charge on any atom is -0.393 e. The van der Waals surface area contributed by atoms with E-state index in [1.54, 1.807) is 0 Å². The zero-order chi connectivity index (χ0) is 58.5. The summed E-state index contributed by atoms with van der Waals surface area (Å²) >= 11 is 0. The Bertz CT molecular complexity index is 2380. The Morgan fingerprint density at radius 3 is 2.86 bits per heavy atom. The van der Waals surface area contributed by atoms with Gasteiger partial charge in [0.1, 0.15) is 0 Å². The van der Waals surface area contributed by atoms with Crippen LogP contribution in [0.25, 0.3) is 0 Å². The van der Waals surface area contributed by atoms with Crippen LogP contribution in [0.3, 0.4) is 0 Å². The second-order valence-electron chi connectivity index (χ2n) is 6.22. The summed E-state index contributed by atoms with van der Waals surface area (Å²) in [5.41, 5.74) is -16.5. The summed E-state index contributed by atoms with van der Waals surface area (Å²) in [5.74, 6) is -33.1. The van der Waals surface area contributed by atoms with Gasteiger partial charge in [0.25, 0.3) is 0 Å². The molecule has 0 radical (unpaired) electrons. The zero-order valence-corrected chi connectivity index (χ0v) is 14.4. The maximum absolute atomic E-state index is 11.2. The van der Waals surface area contributed by atoms with Gasteiger partial charge in [-0.15, -0.1) is 0 Å². The van der Waals surface area contributed by atoms with Crippen LogP contribution in [0.4, 0.5) is 0 Å². The van der Waals surface area contributed by atoms with E-state index in [2.05, 4.69) is 0 Å². The monoisotopic (exact) mass is 440 g/mol. The first-order valence-corrected chi connectivity index (χ1v) is 7.97. The summed E-state index contributed by atoms with van der Waals surface area (Å²) in [6.45, 7) is -30.1. The minimum absolute atomic E-state index is 2.41. The van der Waals surface area contributed by atoms with Gasteiger partial charge in [0.15, 0.2) is 0 Å². The number of fused-ring (bicyclic) bond motifs is 5. The summed E-state index contributed by atoms with van der Waals surface area (Å²) < 4.78 is 380. The number of allylic oxidation sites excluding steroid dienone is 5. The Balaban J connectivity index is 2.69. The average molecular weight is 440 g/mol. The number of aliphatic hydroxyl groups is 1. The predicted octanol–water partition coefficient (Wildman–Crippen LogP) is 7.33. The van der Waals surface area contributed by atoms with Crippen LogP contribution in [0.1, 0.15) is 145 Å². The van der Waals surface area contributed by atoms with Gasteiger partial charge in [-0.25, -0.2) is 0 Å². The van der Waals surface area contributed by atoms with Gasteiger partial charge in [-0.2, -0.15) is 0 Å². The minimum atomic E-state index is -5.94. The highest BCUT2D eigenvalue weighted by Gasteiger charge is 2.56. The van der Waals surface area contributed by atoms with Crippen molar-refractivity contribution in [2.45, 2.75) is 91.8 Å². The standard InChI is InChI=1S/C28H44O/c1-18(2)19(3)7-8-20(4)24-11-12-25-23-10-9-21-17-22(29)13-15-27(21,5)26(23)14-16-28(24,25)6/h7-10,18-20,22,24-26,29H,11-17H2,1-6H3/b8-7+/t19-,20+,22-,24+,25-,26-,27-,28+/m0/s1/i1D3,2D3,3D3,4D3,5D3,6D3,7D,8D,9D,10D,11D2,12D2,13D2,14D2,15D2,16D2,17D2,18D,19D,20D,22D,24D,25D,26D. The van der Waals surface area contributed by atoms with Crippen LogP contribution in [0.5, 0.6) is 0 Å². The molecule has 0 aromatic carbocycles. The van der Waals surface area contributed by atoms with Gasteiger partial charge in [-0.1, -0.05) is 76.5 Å². The first kappa shape index (κ1) is 3.78. The van der Waals surface area contributed by atoms with Gasteiger partial charge in [0.05, 0.1) is 12.9 Å². The molecular weight excluding hydrogens is 352 g/mol. The van der Waals surface area contributed by atoms with E-state index in [0.29, 0.717) is 0 Å². The highest BCUT2D eigenvalue weighted by atomic mass is 16.3. The van der Waals surface area contributed by atoms with Crippen LogP contribution < -0.4 is 0 Å². The second-order valence-corrected chi connectivity index (χ2v) is 6.22. The van der Waals surface area contributed by atoms with Gasteiger partial charge >= 0.3 is 0 Å². The zero-order valence-electron chi connectivity index (χ0n) is 57.4. The van der Waals surface area contributed by atoms with Crippen molar-refractivity contribution in [1.29, 1.82) is 0 Å². The largest absolute Gasteiger partial charge is 0.393 e. The van der Waals surface area contributed by atoms with Crippen LogP contribution in [-0.2, 0) is 0 Å². The molecule has 0 amide bonds. The van der Waals surface area contributed by atoms with Crippen LogP contribution in [0.15, 0.2) is 35.4 Å². The van der Waals surface area contributed by atoms with Crippen molar-refractivity contribution in [3.63, 3.8) is 0 Å². The van der Waals surface area contributed by atoms with Crippen LogP contribution >= 0.6 is 0 Å². The first-order chi connectivity index (χ1) is 30.6. The van der Waals surface area contributed by atoms with E-state index in [1.807, 2.05) is 0 Å². The third kappa shape index (κ3) is 3.50. The molecular formula is C28H44O. The molecule has 0 heterocycles. The molecule has 1 heteroatoms. The molecule has 0 aliphatic heterocycles. The molecule has 0 aromatic rings. The van der Waals surface area contributed by atoms with E-state index >= 15 is 0 Å². The SMILES string of the molecule is [2H]C1=C2C([2H])([2H])[C@@]([2H])(O)C([2H])([2H])C([2H])([2H])[C@]2(C([2H])([2H])[2H])[C@]2([2H])C(=C1[2H])[C@]1([2H])C([2H])([2H])C([2H])([2H])[C@]([2H])([C@@]([2H])(/C([2H])=C(\[2H])[C@]([2H])(C([2H])([2H])[2H])C([2H])(C([2H])([2H])[2H])C([2H])([2H])[2H])C([2H])([2H])[2H])[C@@]1(C([2H])([2H])[2H])C([2H])([2H])C2([2H])[2H]. The Hall–Kier alpha value is -0.820. The van der Waals surface area contributed by atoms with E-state index in [1.165, 1.54) is 0 Å². The van der Waals surface area contributed by atoms with E-state index in [0.717, 1.165) is 0 Å². The van der Waals surface area contributed by atoms with E-state index in [-0.39, 0.29) is 0 Å². The highest BCUT2D eigenvalue weighted by molar-refractivity contribution is 5.39. The lowest BCUT2D eigenvalue weighted by atomic mass is 9.50. The van der Waals surface area contributed by atoms with Crippen molar-refractivity contribution in [2.75, 3.05) is 0 Å². The van der Waals surface area contributed by atoms with Gasteiger partial charge in [0, 0.05) is 52.1 Å². The molecule has 0 saturated heterocycles. The molecule has 4 aliphatic carbocycles. The molecule has 0 spiro atoms. The third-order valence-corrected chi connectivity index (χ3v) is 4.42. The molecule has 3 fully saturated rings. The van der Waals surface area contributed by atoms with Gasteiger partial charge in [0.2, 0.25) is 0 Å². The average Bonchev–Trinajstić information content (AvgIpc) is 3.21. The van der Waals surface area contributed by atoms with Crippen LogP contribution in [0.2, 0.25) is 0 Å². The summed E-state index contributed by atoms with van der Waals surface area (Å²) in [7, 11) is 0. The fourth-order valence-electron chi connectivity index (χ4n) is 2.96. The van der Waals surface area contributed by atoms with E-state index in [4.69, 9.17) is 42.5 Å². The molecule has 4 rings (SSSR count). The highest BCUT2D eigenvalue weighted by Crippen LogP contribution is 2.65. The molecule has 1 nitrogen and oxygen atoms in total. The first-order valence-electron chi connectivity index (χ1n) is 29.5. The molecule has 8 atom stereocenters. The molecule has 4 aliphatic rings. The molecule has 162 valence electrons. The summed E-state index contributed by atoms with van der Waals surface area (Å²) in [4.78, 5) is 0. The lowest BCUT2D eigenvalue weighted by Gasteiger charge is -2.55. The van der Waals surface area contributed by atoms with Gasteiger partial charge in [-0.05, 0) is 90.8 Å². The summed E-state index contributed by atoms with van der Waals surface area (Å²) in [6, 6.07) is -11.1. The smallest absolute Gasteiger partial charge is 0.0622 e. The molecule has 0 aromatic heterocycles. The van der Waals surface area contributed by atoms with Crippen molar-refractivity contribution in [1.82, 2.24) is 0 Å². The normalized spacial score (nSPS) is 94.6. The van der Waals surface area contributed by atoms with Crippen LogP contribution in [-0.4, -0.2) is 11.2 Å². The van der Waals surface area contributed by atoms with E-state index < -0.39 is 173 Å². The quantitative estimate of drug-likeness (QED) is 0.454. The molecule has 3 saturated carbocycles. The second kappa shape index (κ2) is 7.70. The van der Waals surface area contributed by atoms with Crippen molar-refractivity contribution in [3.05, 3.63) is 35.4 Å². The van der Waals surface area contributed by atoms with Crippen LogP contribution in [0, 0.1) is 46.2 Å². The third-order valence-electron chi connectivity index (χ3n) is 4.42. The number of hydrogen-bond acceptors (Lipinski definition) is 1. The predicted molar refractivity (Wildman–Crippen MR) is 123 cm³/mol. The Labute approximate surface area is 240 Å². The maximum Gasteiger partial charge on any atom is 0.0622 e. The number of hydrogen-bond donors (Lipinski definition) is 1. The van der Waals surface area contributed by atoms with Crippen molar-refractivity contribution in [2.24, 2.45) is 46.2 Å². The van der Waals surface area contributed by atoms with Crippen molar-refractivity contribution < 1.29 is 64.0 Å². The topological polar surface area (TPSA) is 20.2 Å². The Morgan fingerprint density at radius 2 is 2.10 bits per heavy atom. The summed E-state index contributed by atoms with van der Waals surface area (Å²) in [6.07, 6.45) is -42.1. The molecule has 29 heavy (non-hydrogen) atoms. The fraction of sp³-hybridized carbons (Fsp3) is 0.786. The van der Waals surface area contributed by atoms with Crippen molar-refractivity contribution in [3.8, 4) is 0 Å².